The van der Waals surface area contributed by atoms with Crippen LogP contribution in [-0.2, 0) is 0 Å². The average molecular weight is 388 g/mol. The highest BCUT2D eigenvalue weighted by Crippen LogP contribution is 2.26. The molecule has 0 radical (unpaired) electrons. The molecule has 0 aliphatic carbocycles. The van der Waals surface area contributed by atoms with E-state index >= 15 is 0 Å². The highest BCUT2D eigenvalue weighted by atomic mass is 32.1. The molecule has 2 aromatic heterocycles. The van der Waals surface area contributed by atoms with E-state index in [0.717, 1.165) is 37.1 Å². The lowest BCUT2D eigenvalue weighted by Crippen LogP contribution is -2.47. The average Bonchev–Trinajstić information content (AvgIpc) is 3.33. The first-order chi connectivity index (χ1) is 13.0. The fourth-order valence-corrected chi connectivity index (χ4v) is 3.85. The minimum absolute atomic E-state index is 0.000138. The molecule has 0 N–H and O–H groups in total. The maximum Gasteiger partial charge on any atom is 0.244 e. The van der Waals surface area contributed by atoms with E-state index < -0.39 is 0 Å². The monoisotopic (exact) mass is 388 g/mol. The number of benzene rings is 1. The Bertz CT molecular complexity index is 934. The molecule has 1 fully saturated rings. The normalized spacial score (nSPS) is 16.7. The summed E-state index contributed by atoms with van der Waals surface area (Å²) in [5, 5.41) is 5.01. The van der Waals surface area contributed by atoms with E-state index in [9.17, 15) is 4.39 Å². The zero-order valence-electron chi connectivity index (χ0n) is 15.5. The Kier molecular flexibility index (Phi) is 4.88. The van der Waals surface area contributed by atoms with Gasteiger partial charge in [0.25, 0.3) is 0 Å². The Balaban J connectivity index is 1.42. The molecule has 4 rings (SSSR count). The summed E-state index contributed by atoms with van der Waals surface area (Å²) >= 11 is 1.44. The summed E-state index contributed by atoms with van der Waals surface area (Å²) in [6, 6.07) is 4.97. The van der Waals surface area contributed by atoms with Crippen LogP contribution in [0.5, 0.6) is 0 Å². The van der Waals surface area contributed by atoms with E-state index in [1.165, 1.54) is 17.6 Å². The summed E-state index contributed by atoms with van der Waals surface area (Å²) in [6.45, 7) is 9.19. The van der Waals surface area contributed by atoms with Crippen LogP contribution in [0.25, 0.3) is 11.4 Å². The van der Waals surface area contributed by atoms with Crippen LogP contribution in [0, 0.1) is 19.7 Å². The molecule has 1 aromatic carbocycles. The van der Waals surface area contributed by atoms with Crippen LogP contribution in [0.2, 0.25) is 0 Å². The third-order valence-corrected chi connectivity index (χ3v) is 5.75. The Hall–Kier alpha value is -2.39. The molecular weight excluding hydrogens is 367 g/mol. The van der Waals surface area contributed by atoms with E-state index in [1.807, 2.05) is 6.92 Å². The van der Waals surface area contributed by atoms with Crippen molar-refractivity contribution in [3.05, 3.63) is 41.3 Å². The lowest BCUT2D eigenvalue weighted by molar-refractivity contribution is 0.164. The van der Waals surface area contributed by atoms with Gasteiger partial charge in [-0.05, 0) is 32.4 Å². The third-order valence-electron chi connectivity index (χ3n) is 4.88. The van der Waals surface area contributed by atoms with Crippen LogP contribution < -0.4 is 4.90 Å². The number of aryl methyl sites for hydroxylation is 2. The highest BCUT2D eigenvalue weighted by molar-refractivity contribution is 7.09. The van der Waals surface area contributed by atoms with Gasteiger partial charge >= 0.3 is 0 Å². The smallest absolute Gasteiger partial charge is 0.244 e. The summed E-state index contributed by atoms with van der Waals surface area (Å²) in [6.07, 6.45) is 0. The number of piperazine rings is 1. The van der Waals surface area contributed by atoms with Crippen LogP contribution in [0.1, 0.15) is 30.2 Å². The molecule has 7 nitrogen and oxygen atoms in total. The molecule has 9 heteroatoms. The Morgan fingerprint density at radius 2 is 1.93 bits per heavy atom. The fraction of sp³-hybridized carbons (Fsp3) is 0.444. The van der Waals surface area contributed by atoms with Gasteiger partial charge in [-0.3, -0.25) is 4.90 Å². The van der Waals surface area contributed by atoms with Crippen LogP contribution in [-0.4, -0.2) is 50.6 Å². The Morgan fingerprint density at radius 1 is 1.15 bits per heavy atom. The first-order valence-corrected chi connectivity index (χ1v) is 9.68. The number of hydrogen-bond donors (Lipinski definition) is 0. The summed E-state index contributed by atoms with van der Waals surface area (Å²) in [4.78, 5) is 13.5. The van der Waals surface area contributed by atoms with Gasteiger partial charge in [-0.1, -0.05) is 17.3 Å². The molecule has 0 unspecified atom stereocenters. The lowest BCUT2D eigenvalue weighted by Gasteiger charge is -2.36. The highest BCUT2D eigenvalue weighted by Gasteiger charge is 2.27. The molecule has 1 aliphatic heterocycles. The predicted octanol–water partition coefficient (Wildman–Crippen LogP) is 3.23. The van der Waals surface area contributed by atoms with E-state index in [2.05, 4.69) is 36.2 Å². The van der Waals surface area contributed by atoms with Gasteiger partial charge in [0.1, 0.15) is 11.6 Å². The number of aromatic nitrogens is 4. The summed E-state index contributed by atoms with van der Waals surface area (Å²) in [7, 11) is 0. The van der Waals surface area contributed by atoms with E-state index in [4.69, 9.17) is 4.52 Å². The fourth-order valence-electron chi connectivity index (χ4n) is 3.13. The number of nitrogens with zero attached hydrogens (tertiary/aromatic N) is 6. The predicted molar refractivity (Wildman–Crippen MR) is 101 cm³/mol. The minimum Gasteiger partial charge on any atom is -0.344 e. The molecule has 3 aromatic rings. The zero-order valence-corrected chi connectivity index (χ0v) is 16.3. The van der Waals surface area contributed by atoms with Gasteiger partial charge in [0.2, 0.25) is 16.8 Å². The first-order valence-electron chi connectivity index (χ1n) is 8.90. The van der Waals surface area contributed by atoms with Gasteiger partial charge in [0.05, 0.1) is 6.04 Å². The van der Waals surface area contributed by atoms with E-state index in [-0.39, 0.29) is 11.9 Å². The molecule has 0 spiro atoms. The van der Waals surface area contributed by atoms with Crippen LogP contribution >= 0.6 is 11.5 Å². The van der Waals surface area contributed by atoms with Crippen molar-refractivity contribution in [1.29, 1.82) is 0 Å². The molecule has 1 aliphatic rings. The summed E-state index contributed by atoms with van der Waals surface area (Å²) < 4.78 is 23.5. The number of hydrogen-bond acceptors (Lipinski definition) is 8. The van der Waals surface area contributed by atoms with Gasteiger partial charge in [0.15, 0.2) is 0 Å². The van der Waals surface area contributed by atoms with Crippen molar-refractivity contribution in [2.45, 2.75) is 26.8 Å². The second kappa shape index (κ2) is 7.32. The maximum atomic E-state index is 13.8. The van der Waals surface area contributed by atoms with Gasteiger partial charge in [-0.2, -0.15) is 9.36 Å². The standard InChI is InChI=1S/C18H21FN6OS/c1-11-4-5-14(10-15(11)19)16-21-17(26-22-16)12(2)24-6-8-25(9-7-24)18-20-13(3)23-27-18/h4-5,10,12H,6-9H2,1-3H3/t12-/m1/s1. The van der Waals surface area contributed by atoms with Gasteiger partial charge in [-0.25, -0.2) is 9.37 Å². The second-order valence-corrected chi connectivity index (χ2v) is 7.47. The summed E-state index contributed by atoms with van der Waals surface area (Å²) in [5.41, 5.74) is 1.22. The largest absolute Gasteiger partial charge is 0.344 e. The zero-order chi connectivity index (χ0) is 19.0. The summed E-state index contributed by atoms with van der Waals surface area (Å²) in [5.74, 6) is 1.51. The Labute approximate surface area is 161 Å². The molecule has 1 saturated heterocycles. The molecule has 1 atom stereocenters. The van der Waals surface area contributed by atoms with Gasteiger partial charge in [0, 0.05) is 43.3 Å². The maximum absolute atomic E-state index is 13.8. The van der Waals surface area contributed by atoms with E-state index in [1.54, 1.807) is 19.1 Å². The molecule has 3 heterocycles. The van der Waals surface area contributed by atoms with Crippen LogP contribution in [0.4, 0.5) is 9.52 Å². The SMILES string of the molecule is Cc1nsc(N2CCN([C@H](C)c3nc(-c4ccc(C)c(F)c4)no3)CC2)n1. The topological polar surface area (TPSA) is 71.2 Å². The van der Waals surface area contributed by atoms with Crippen molar-refractivity contribution >= 4 is 16.7 Å². The minimum atomic E-state index is -0.269. The number of anilines is 1. The van der Waals surface area contributed by atoms with Crippen molar-refractivity contribution in [1.82, 2.24) is 24.4 Å². The first kappa shape index (κ1) is 18.0. The van der Waals surface area contributed by atoms with Crippen molar-refractivity contribution in [3.8, 4) is 11.4 Å². The number of halogens is 1. The molecule has 0 amide bonds. The van der Waals surface area contributed by atoms with Gasteiger partial charge in [-0.15, -0.1) is 0 Å². The quantitative estimate of drug-likeness (QED) is 0.679. The van der Waals surface area contributed by atoms with Crippen LogP contribution in [0.3, 0.4) is 0 Å². The molecule has 0 saturated carbocycles. The second-order valence-electron chi connectivity index (χ2n) is 6.74. The lowest BCUT2D eigenvalue weighted by atomic mass is 10.1. The van der Waals surface area contributed by atoms with Crippen molar-refractivity contribution in [3.63, 3.8) is 0 Å². The van der Waals surface area contributed by atoms with Gasteiger partial charge < -0.3 is 9.42 Å². The molecule has 27 heavy (non-hydrogen) atoms. The number of rotatable bonds is 4. The molecule has 0 bridgehead atoms. The van der Waals surface area contributed by atoms with Crippen molar-refractivity contribution in [2.75, 3.05) is 31.1 Å². The van der Waals surface area contributed by atoms with Crippen molar-refractivity contribution < 1.29 is 8.91 Å². The van der Waals surface area contributed by atoms with Crippen molar-refractivity contribution in [2.24, 2.45) is 0 Å². The third kappa shape index (κ3) is 3.70. The van der Waals surface area contributed by atoms with E-state index in [0.29, 0.717) is 22.8 Å². The molecular formula is C18H21FN6OS. The Morgan fingerprint density at radius 3 is 2.59 bits per heavy atom. The molecule has 142 valence electrons. The van der Waals surface area contributed by atoms with Crippen LogP contribution in [0.15, 0.2) is 22.7 Å².